The summed E-state index contributed by atoms with van der Waals surface area (Å²) in [5, 5.41) is 0. The molecule has 0 aromatic rings. The van der Waals surface area contributed by atoms with Crippen molar-refractivity contribution in [1.29, 1.82) is 0 Å². The average Bonchev–Trinajstić information content (AvgIpc) is 1.69. The topological polar surface area (TPSA) is 0 Å². The molecule has 0 atom stereocenters. The van der Waals surface area contributed by atoms with E-state index in [9.17, 15) is 0 Å². The van der Waals surface area contributed by atoms with Crippen molar-refractivity contribution >= 4 is 25.3 Å². The highest BCUT2D eigenvalue weighted by Gasteiger charge is 1.73. The third kappa shape index (κ3) is 9.49. The molecule has 0 fully saturated rings. The second-order valence-electron chi connectivity index (χ2n) is 1.11. The smallest absolute Gasteiger partial charge is 0.0113 e. The van der Waals surface area contributed by atoms with E-state index in [1.807, 2.05) is 23.9 Å². The van der Waals surface area contributed by atoms with E-state index in [2.05, 4.69) is 13.2 Å². The summed E-state index contributed by atoms with van der Waals surface area (Å²) in [6.07, 6.45) is 3.79. The van der Waals surface area contributed by atoms with Crippen molar-refractivity contribution in [2.45, 2.75) is 0 Å². The predicted molar refractivity (Wildman–Crippen MR) is 45.3 cm³/mol. The molecule has 0 aliphatic heterocycles. The molecule has 0 saturated carbocycles. The zero-order valence-corrected chi connectivity index (χ0v) is 6.43. The molecule has 0 N–H and O–H groups in total. The van der Waals surface area contributed by atoms with Crippen LogP contribution >= 0.6 is 25.3 Å². The molecule has 0 aromatic carbocycles. The summed E-state index contributed by atoms with van der Waals surface area (Å²) in [6, 6.07) is 0. The Balaban J connectivity index is 0. The maximum absolute atomic E-state index is 3.58. The fraction of sp³-hybridized carbons (Fsp3) is 0.333. The van der Waals surface area contributed by atoms with Crippen LogP contribution in [0.4, 0.5) is 0 Å². The first-order valence-corrected chi connectivity index (χ1v) is 3.37. The number of hydrogen-bond acceptors (Lipinski definition) is 1. The van der Waals surface area contributed by atoms with Crippen LogP contribution in [-0.2, 0) is 0 Å². The van der Waals surface area contributed by atoms with E-state index < -0.39 is 0 Å². The standard InChI is InChI=1S/C6H10S.S/c1-3-5-7-6-4-2;/h3-4H,1-2,5-6H2;. The number of thioether (sulfide) groups is 1. The summed E-state index contributed by atoms with van der Waals surface area (Å²) in [4.78, 5) is 0. The first-order chi connectivity index (χ1) is 3.41. The van der Waals surface area contributed by atoms with Gasteiger partial charge in [-0.25, -0.2) is 0 Å². The molecule has 0 spiro atoms. The maximum atomic E-state index is 3.58. The van der Waals surface area contributed by atoms with Crippen molar-refractivity contribution in [2.24, 2.45) is 0 Å². The van der Waals surface area contributed by atoms with E-state index in [4.69, 9.17) is 0 Å². The molecular weight excluding hydrogens is 136 g/mol. The Labute approximate surface area is 62.5 Å². The molecule has 2 heteroatoms. The Kier molecular flexibility index (Phi) is 14.1. The fourth-order valence-electron chi connectivity index (χ4n) is 0.235. The largest absolute Gasteiger partial charge is 0.154 e. The minimum Gasteiger partial charge on any atom is -0.154 e. The SMILES string of the molecule is C=CCSCC=C.[S]. The lowest BCUT2D eigenvalue weighted by molar-refractivity contribution is 1.74. The Morgan fingerprint density at radius 3 is 1.75 bits per heavy atom. The predicted octanol–water partition coefficient (Wildman–Crippen LogP) is 2.74. The van der Waals surface area contributed by atoms with Gasteiger partial charge in [0.05, 0.1) is 0 Å². The minimum atomic E-state index is 0. The molecule has 0 saturated heterocycles. The average molecular weight is 146 g/mol. The Morgan fingerprint density at radius 1 is 1.12 bits per heavy atom. The van der Waals surface area contributed by atoms with Crippen LogP contribution in [0, 0.1) is 0 Å². The molecule has 0 aliphatic carbocycles. The highest BCUT2D eigenvalue weighted by Crippen LogP contribution is 1.97. The molecular formula is C6H10S2. The van der Waals surface area contributed by atoms with Gasteiger partial charge in [0.2, 0.25) is 0 Å². The van der Waals surface area contributed by atoms with Crippen LogP contribution in [0.2, 0.25) is 0 Å². The van der Waals surface area contributed by atoms with Crippen LogP contribution < -0.4 is 0 Å². The molecule has 0 aliphatic rings. The summed E-state index contributed by atoms with van der Waals surface area (Å²) < 4.78 is 0. The van der Waals surface area contributed by atoms with Gasteiger partial charge < -0.3 is 0 Å². The van der Waals surface area contributed by atoms with E-state index in [0.29, 0.717) is 0 Å². The fourth-order valence-corrected chi connectivity index (χ4v) is 0.704. The molecule has 0 unspecified atom stereocenters. The van der Waals surface area contributed by atoms with Gasteiger partial charge in [0.15, 0.2) is 0 Å². The molecule has 0 heterocycles. The van der Waals surface area contributed by atoms with Gasteiger partial charge in [-0.3, -0.25) is 0 Å². The monoisotopic (exact) mass is 146 g/mol. The van der Waals surface area contributed by atoms with Crippen molar-refractivity contribution in [3.05, 3.63) is 25.3 Å². The zero-order valence-electron chi connectivity index (χ0n) is 4.80. The first kappa shape index (κ1) is 11.0. The Bertz CT molecular complexity index is 51.5. The quantitative estimate of drug-likeness (QED) is 0.434. The van der Waals surface area contributed by atoms with E-state index in [1.165, 1.54) is 0 Å². The molecule has 8 heavy (non-hydrogen) atoms. The highest BCUT2D eigenvalue weighted by atomic mass is 32.2. The molecule has 46 valence electrons. The third-order valence-corrected chi connectivity index (χ3v) is 1.41. The van der Waals surface area contributed by atoms with E-state index in [0.717, 1.165) is 11.5 Å². The molecule has 0 amide bonds. The van der Waals surface area contributed by atoms with Crippen LogP contribution in [0.5, 0.6) is 0 Å². The van der Waals surface area contributed by atoms with Crippen LogP contribution in [0.15, 0.2) is 25.3 Å². The number of rotatable bonds is 4. The van der Waals surface area contributed by atoms with E-state index >= 15 is 0 Å². The summed E-state index contributed by atoms with van der Waals surface area (Å²) in [7, 11) is 0. The summed E-state index contributed by atoms with van der Waals surface area (Å²) >= 11 is 1.82. The minimum absolute atomic E-state index is 0. The van der Waals surface area contributed by atoms with E-state index in [1.54, 1.807) is 0 Å². The summed E-state index contributed by atoms with van der Waals surface area (Å²) in [5.74, 6) is 2.07. The summed E-state index contributed by atoms with van der Waals surface area (Å²) in [5.41, 5.74) is 0. The lowest BCUT2D eigenvalue weighted by Crippen LogP contribution is -1.69. The second kappa shape index (κ2) is 10.2. The van der Waals surface area contributed by atoms with Crippen molar-refractivity contribution < 1.29 is 0 Å². The number of hydrogen-bond donors (Lipinski definition) is 0. The van der Waals surface area contributed by atoms with Gasteiger partial charge in [-0.1, -0.05) is 12.2 Å². The van der Waals surface area contributed by atoms with Crippen LogP contribution in [0.25, 0.3) is 0 Å². The van der Waals surface area contributed by atoms with Gasteiger partial charge in [-0.15, -0.1) is 13.2 Å². The second-order valence-corrected chi connectivity index (χ2v) is 2.19. The van der Waals surface area contributed by atoms with Gasteiger partial charge >= 0.3 is 0 Å². The lowest BCUT2D eigenvalue weighted by Gasteiger charge is -1.85. The van der Waals surface area contributed by atoms with Gasteiger partial charge in [0, 0.05) is 25.0 Å². The van der Waals surface area contributed by atoms with Crippen molar-refractivity contribution in [3.63, 3.8) is 0 Å². The van der Waals surface area contributed by atoms with Gasteiger partial charge in [0.25, 0.3) is 0 Å². The molecule has 0 nitrogen and oxygen atoms in total. The van der Waals surface area contributed by atoms with Crippen molar-refractivity contribution in [2.75, 3.05) is 11.5 Å². The van der Waals surface area contributed by atoms with Crippen LogP contribution in [0.1, 0.15) is 0 Å². The van der Waals surface area contributed by atoms with Crippen LogP contribution in [0.3, 0.4) is 0 Å². The molecule has 0 rings (SSSR count). The Hall–Kier alpha value is 0.180. The van der Waals surface area contributed by atoms with Gasteiger partial charge in [-0.2, -0.15) is 11.8 Å². The lowest BCUT2D eigenvalue weighted by atomic mass is 10.8. The zero-order chi connectivity index (χ0) is 5.54. The Morgan fingerprint density at radius 2 is 1.50 bits per heavy atom. The summed E-state index contributed by atoms with van der Waals surface area (Å²) in [6.45, 7) is 7.15. The normalized spacial score (nSPS) is 7.00. The molecule has 0 aromatic heterocycles. The van der Waals surface area contributed by atoms with Gasteiger partial charge in [0.1, 0.15) is 0 Å². The first-order valence-electron chi connectivity index (χ1n) is 2.21. The van der Waals surface area contributed by atoms with Gasteiger partial charge in [-0.05, 0) is 0 Å². The third-order valence-electron chi connectivity index (χ3n) is 0.471. The van der Waals surface area contributed by atoms with Crippen molar-refractivity contribution in [3.8, 4) is 0 Å². The van der Waals surface area contributed by atoms with Crippen LogP contribution in [-0.4, -0.2) is 11.5 Å². The van der Waals surface area contributed by atoms with E-state index in [-0.39, 0.29) is 13.5 Å². The highest BCUT2D eigenvalue weighted by molar-refractivity contribution is 7.99. The molecule has 0 bridgehead atoms. The molecule has 2 radical (unpaired) electrons. The van der Waals surface area contributed by atoms with Crippen molar-refractivity contribution in [1.82, 2.24) is 0 Å². The maximum Gasteiger partial charge on any atom is 0.0113 e.